The van der Waals surface area contributed by atoms with Crippen LogP contribution in [0, 0.1) is 0 Å². The number of benzene rings is 1. The van der Waals surface area contributed by atoms with Crippen molar-refractivity contribution >= 4 is 23.2 Å². The Morgan fingerprint density at radius 3 is 2.90 bits per heavy atom. The van der Waals surface area contributed by atoms with E-state index in [4.69, 9.17) is 42.5 Å². The summed E-state index contributed by atoms with van der Waals surface area (Å²) in [5.74, 6) is 0.576. The maximum Gasteiger partial charge on any atom is 0.139 e. The second kappa shape index (κ2) is 7.48. The van der Waals surface area contributed by atoms with E-state index in [1.807, 2.05) is 6.07 Å². The summed E-state index contributed by atoms with van der Waals surface area (Å²) >= 11 is 12.6. The standard InChI is InChI=1S/C14H18Cl2O4/c1-18-10-7-9-3-2-5-20-11(8-19-6-4-17)12(9)14(16)13(10)15/h7,11,17H,2-6,8H2,1H3. The van der Waals surface area contributed by atoms with Gasteiger partial charge in [-0.05, 0) is 24.5 Å². The van der Waals surface area contributed by atoms with E-state index >= 15 is 0 Å². The molecule has 0 spiro atoms. The molecule has 1 N–H and O–H groups in total. The molecule has 0 aromatic heterocycles. The zero-order chi connectivity index (χ0) is 14.5. The average molecular weight is 321 g/mol. The molecule has 0 bridgehead atoms. The predicted molar refractivity (Wildman–Crippen MR) is 77.9 cm³/mol. The van der Waals surface area contributed by atoms with Crippen LogP contribution in [0.4, 0.5) is 0 Å². The van der Waals surface area contributed by atoms with Crippen LogP contribution < -0.4 is 4.74 Å². The number of methoxy groups -OCH3 is 1. The molecule has 0 saturated carbocycles. The number of aliphatic hydroxyl groups excluding tert-OH is 1. The second-order valence-corrected chi connectivity index (χ2v) is 5.30. The van der Waals surface area contributed by atoms with Gasteiger partial charge in [0.1, 0.15) is 16.9 Å². The molecule has 1 aliphatic heterocycles. The molecule has 1 aromatic rings. The maximum atomic E-state index is 8.78. The molecule has 6 heteroatoms. The molecule has 1 unspecified atom stereocenters. The van der Waals surface area contributed by atoms with Gasteiger partial charge < -0.3 is 19.3 Å². The van der Waals surface area contributed by atoms with E-state index in [1.165, 1.54) is 0 Å². The molecule has 1 aromatic carbocycles. The van der Waals surface area contributed by atoms with Gasteiger partial charge in [-0.15, -0.1) is 0 Å². The molecule has 1 heterocycles. The fraction of sp³-hybridized carbons (Fsp3) is 0.571. The van der Waals surface area contributed by atoms with Crippen molar-refractivity contribution < 1.29 is 19.3 Å². The predicted octanol–water partition coefficient (Wildman–Crippen LogP) is 3.01. The minimum Gasteiger partial charge on any atom is -0.495 e. The third-order valence-corrected chi connectivity index (χ3v) is 4.12. The van der Waals surface area contributed by atoms with Crippen LogP contribution in [-0.4, -0.2) is 38.6 Å². The van der Waals surface area contributed by atoms with Crippen LogP contribution in [0.1, 0.15) is 23.7 Å². The Morgan fingerprint density at radius 1 is 1.40 bits per heavy atom. The van der Waals surface area contributed by atoms with E-state index < -0.39 is 0 Å². The van der Waals surface area contributed by atoms with Crippen molar-refractivity contribution in [1.29, 1.82) is 0 Å². The number of ether oxygens (including phenoxy) is 3. The first-order chi connectivity index (χ1) is 9.69. The van der Waals surface area contributed by atoms with Gasteiger partial charge in [0, 0.05) is 12.2 Å². The number of halogens is 2. The summed E-state index contributed by atoms with van der Waals surface area (Å²) in [7, 11) is 1.57. The van der Waals surface area contributed by atoms with Gasteiger partial charge in [-0.1, -0.05) is 23.2 Å². The molecule has 20 heavy (non-hydrogen) atoms. The number of aryl methyl sites for hydroxylation is 1. The van der Waals surface area contributed by atoms with E-state index in [0.717, 1.165) is 24.0 Å². The minimum atomic E-state index is -0.269. The van der Waals surface area contributed by atoms with Gasteiger partial charge in [-0.25, -0.2) is 0 Å². The molecule has 0 aliphatic carbocycles. The zero-order valence-electron chi connectivity index (χ0n) is 11.3. The fourth-order valence-electron chi connectivity index (χ4n) is 2.33. The highest BCUT2D eigenvalue weighted by molar-refractivity contribution is 6.43. The number of aliphatic hydroxyl groups is 1. The third-order valence-electron chi connectivity index (χ3n) is 3.25. The number of hydrogen-bond donors (Lipinski definition) is 1. The molecule has 0 fully saturated rings. The van der Waals surface area contributed by atoms with Gasteiger partial charge >= 0.3 is 0 Å². The summed E-state index contributed by atoms with van der Waals surface area (Å²) in [6.07, 6.45) is 1.50. The lowest BCUT2D eigenvalue weighted by Crippen LogP contribution is -2.14. The van der Waals surface area contributed by atoms with Crippen LogP contribution in [0.15, 0.2) is 6.07 Å². The van der Waals surface area contributed by atoms with Gasteiger partial charge in [-0.3, -0.25) is 0 Å². The Morgan fingerprint density at radius 2 is 2.20 bits per heavy atom. The largest absolute Gasteiger partial charge is 0.495 e. The van der Waals surface area contributed by atoms with Gasteiger partial charge in [0.05, 0.1) is 32.0 Å². The molecule has 0 amide bonds. The highest BCUT2D eigenvalue weighted by Crippen LogP contribution is 2.42. The highest BCUT2D eigenvalue weighted by atomic mass is 35.5. The number of fused-ring (bicyclic) bond motifs is 1. The number of rotatable bonds is 5. The molecule has 2 rings (SSSR count). The highest BCUT2D eigenvalue weighted by Gasteiger charge is 2.26. The Kier molecular flexibility index (Phi) is 5.93. The van der Waals surface area contributed by atoms with Crippen LogP contribution in [0.5, 0.6) is 5.75 Å². The summed E-state index contributed by atoms with van der Waals surface area (Å²) in [5.41, 5.74) is 1.94. The lowest BCUT2D eigenvalue weighted by molar-refractivity contribution is -0.0229. The van der Waals surface area contributed by atoms with Gasteiger partial charge in [0.2, 0.25) is 0 Å². The SMILES string of the molecule is COc1cc2c(c(Cl)c1Cl)C(COCCO)OCCC2. The summed E-state index contributed by atoms with van der Waals surface area (Å²) in [6.45, 7) is 1.24. The Labute approximate surface area is 128 Å². The first-order valence-electron chi connectivity index (χ1n) is 6.54. The van der Waals surface area contributed by atoms with Crippen molar-refractivity contribution in [3.8, 4) is 5.75 Å². The summed E-state index contributed by atoms with van der Waals surface area (Å²) < 4.78 is 16.4. The van der Waals surface area contributed by atoms with E-state index in [1.54, 1.807) is 7.11 Å². The van der Waals surface area contributed by atoms with Crippen molar-refractivity contribution in [1.82, 2.24) is 0 Å². The van der Waals surface area contributed by atoms with Crippen LogP contribution in [0.25, 0.3) is 0 Å². The molecule has 4 nitrogen and oxygen atoms in total. The summed E-state index contributed by atoms with van der Waals surface area (Å²) in [4.78, 5) is 0. The zero-order valence-corrected chi connectivity index (χ0v) is 12.8. The van der Waals surface area contributed by atoms with Gasteiger partial charge in [-0.2, -0.15) is 0 Å². The Hall–Kier alpha value is -0.520. The van der Waals surface area contributed by atoms with Crippen molar-refractivity contribution in [3.63, 3.8) is 0 Å². The molecule has 1 atom stereocenters. The van der Waals surface area contributed by atoms with E-state index in [9.17, 15) is 0 Å². The quantitative estimate of drug-likeness (QED) is 0.847. The lowest BCUT2D eigenvalue weighted by Gasteiger charge is -2.21. The van der Waals surface area contributed by atoms with E-state index in [0.29, 0.717) is 29.0 Å². The monoisotopic (exact) mass is 320 g/mol. The summed E-state index contributed by atoms with van der Waals surface area (Å²) in [6, 6.07) is 1.91. The molecule has 0 saturated heterocycles. The van der Waals surface area contributed by atoms with Gasteiger partial charge in [0.15, 0.2) is 0 Å². The molecular weight excluding hydrogens is 303 g/mol. The average Bonchev–Trinajstić information content (AvgIpc) is 2.65. The van der Waals surface area contributed by atoms with Crippen molar-refractivity contribution in [2.75, 3.05) is 33.5 Å². The Bertz CT molecular complexity index is 465. The van der Waals surface area contributed by atoms with E-state index in [2.05, 4.69) is 0 Å². The maximum absolute atomic E-state index is 8.78. The van der Waals surface area contributed by atoms with Crippen molar-refractivity contribution in [2.24, 2.45) is 0 Å². The fourth-order valence-corrected chi connectivity index (χ4v) is 2.90. The first kappa shape index (κ1) is 15.9. The van der Waals surface area contributed by atoms with Crippen molar-refractivity contribution in [3.05, 3.63) is 27.2 Å². The lowest BCUT2D eigenvalue weighted by atomic mass is 9.99. The smallest absolute Gasteiger partial charge is 0.139 e. The topological polar surface area (TPSA) is 47.9 Å². The number of hydrogen-bond acceptors (Lipinski definition) is 4. The van der Waals surface area contributed by atoms with Crippen LogP contribution >= 0.6 is 23.2 Å². The first-order valence-corrected chi connectivity index (χ1v) is 7.29. The normalized spacial score (nSPS) is 18.5. The van der Waals surface area contributed by atoms with Crippen molar-refractivity contribution in [2.45, 2.75) is 18.9 Å². The Balaban J connectivity index is 2.34. The summed E-state index contributed by atoms with van der Waals surface area (Å²) in [5, 5.41) is 9.64. The van der Waals surface area contributed by atoms with Crippen LogP contribution in [0.2, 0.25) is 10.0 Å². The van der Waals surface area contributed by atoms with Gasteiger partial charge in [0.25, 0.3) is 0 Å². The minimum absolute atomic E-state index is 0.0172. The van der Waals surface area contributed by atoms with E-state index in [-0.39, 0.29) is 19.3 Å². The second-order valence-electron chi connectivity index (χ2n) is 4.54. The molecule has 0 radical (unpaired) electrons. The van der Waals surface area contributed by atoms with Crippen LogP contribution in [0.3, 0.4) is 0 Å². The molecule has 1 aliphatic rings. The molecule has 112 valence electrons. The molecular formula is C14H18Cl2O4. The van der Waals surface area contributed by atoms with Crippen LogP contribution in [-0.2, 0) is 15.9 Å². The third kappa shape index (κ3) is 3.38.